The lowest BCUT2D eigenvalue weighted by Gasteiger charge is -2.38. The van der Waals surface area contributed by atoms with Crippen LogP contribution in [0.4, 0.5) is 0 Å². The van der Waals surface area contributed by atoms with Crippen LogP contribution in [0.5, 0.6) is 0 Å². The van der Waals surface area contributed by atoms with Gasteiger partial charge in [-0.25, -0.2) is 13.1 Å². The second kappa shape index (κ2) is 8.52. The standard InChI is InChI=1S/C21H29N3O2S/c1-17-9-10-20(15-18(17)2)27(25,26)22-16-21(19-7-5-4-6-8-19)24-13-11-23(3)12-14-24/h4-10,15,21-22H,11-14,16H2,1-3H3. The van der Waals surface area contributed by atoms with E-state index in [1.807, 2.05) is 38.1 Å². The summed E-state index contributed by atoms with van der Waals surface area (Å²) in [6.45, 7) is 8.13. The predicted octanol–water partition coefficient (Wildman–Crippen LogP) is 2.57. The van der Waals surface area contributed by atoms with Crippen LogP contribution >= 0.6 is 0 Å². The van der Waals surface area contributed by atoms with Crippen LogP contribution in [0.25, 0.3) is 0 Å². The molecule has 2 aromatic rings. The molecule has 1 unspecified atom stereocenters. The van der Waals surface area contributed by atoms with Crippen molar-refractivity contribution in [1.29, 1.82) is 0 Å². The SMILES string of the molecule is Cc1ccc(S(=O)(=O)NCC(c2ccccc2)N2CCN(C)CC2)cc1C. The van der Waals surface area contributed by atoms with Crippen LogP contribution in [-0.2, 0) is 10.0 Å². The minimum atomic E-state index is -3.54. The fourth-order valence-corrected chi connectivity index (χ4v) is 4.54. The van der Waals surface area contributed by atoms with Crippen LogP contribution in [0.3, 0.4) is 0 Å². The number of piperazine rings is 1. The molecule has 27 heavy (non-hydrogen) atoms. The number of hydrogen-bond acceptors (Lipinski definition) is 4. The first-order chi connectivity index (χ1) is 12.9. The monoisotopic (exact) mass is 387 g/mol. The van der Waals surface area contributed by atoms with Crippen molar-refractivity contribution in [3.05, 3.63) is 65.2 Å². The molecule has 1 heterocycles. The Hall–Kier alpha value is -1.73. The predicted molar refractivity (Wildman–Crippen MR) is 109 cm³/mol. The van der Waals surface area contributed by atoms with Crippen molar-refractivity contribution < 1.29 is 8.42 Å². The second-order valence-electron chi connectivity index (χ2n) is 7.36. The van der Waals surface area contributed by atoms with Crippen molar-refractivity contribution in [3.8, 4) is 0 Å². The summed E-state index contributed by atoms with van der Waals surface area (Å²) < 4.78 is 28.5. The molecule has 146 valence electrons. The van der Waals surface area contributed by atoms with Crippen molar-refractivity contribution >= 4 is 10.0 Å². The number of sulfonamides is 1. The molecule has 3 rings (SSSR count). The molecule has 1 N–H and O–H groups in total. The highest BCUT2D eigenvalue weighted by atomic mass is 32.2. The van der Waals surface area contributed by atoms with E-state index in [4.69, 9.17) is 0 Å². The van der Waals surface area contributed by atoms with Crippen LogP contribution < -0.4 is 4.72 Å². The van der Waals surface area contributed by atoms with E-state index in [9.17, 15) is 8.42 Å². The Morgan fingerprint density at radius 1 is 0.963 bits per heavy atom. The van der Waals surface area contributed by atoms with E-state index in [0.29, 0.717) is 11.4 Å². The van der Waals surface area contributed by atoms with Gasteiger partial charge in [0.25, 0.3) is 0 Å². The van der Waals surface area contributed by atoms with Gasteiger partial charge in [0.2, 0.25) is 10.0 Å². The van der Waals surface area contributed by atoms with Crippen molar-refractivity contribution in [2.45, 2.75) is 24.8 Å². The minimum Gasteiger partial charge on any atom is -0.304 e. The maximum atomic E-state index is 12.8. The fraction of sp³-hybridized carbons (Fsp3) is 0.429. The molecule has 1 aliphatic rings. The van der Waals surface area contributed by atoms with Gasteiger partial charge in [0.1, 0.15) is 0 Å². The zero-order chi connectivity index (χ0) is 19.4. The third kappa shape index (κ3) is 4.96. The third-order valence-corrected chi connectivity index (χ3v) is 6.84. The first kappa shape index (κ1) is 20.0. The Balaban J connectivity index is 1.78. The number of likely N-dealkylation sites (N-methyl/N-ethyl adjacent to an activating group) is 1. The fourth-order valence-electron chi connectivity index (χ4n) is 3.42. The summed E-state index contributed by atoms with van der Waals surface area (Å²) in [6, 6.07) is 15.5. The second-order valence-corrected chi connectivity index (χ2v) is 9.13. The van der Waals surface area contributed by atoms with Gasteiger partial charge in [0.05, 0.1) is 4.90 Å². The molecule has 0 radical (unpaired) electrons. The maximum absolute atomic E-state index is 12.8. The average Bonchev–Trinajstić information content (AvgIpc) is 2.66. The number of nitrogens with zero attached hydrogens (tertiary/aromatic N) is 2. The molecule has 1 atom stereocenters. The van der Waals surface area contributed by atoms with Gasteiger partial charge in [0.15, 0.2) is 0 Å². The summed E-state index contributed by atoms with van der Waals surface area (Å²) in [5, 5.41) is 0. The number of benzene rings is 2. The highest BCUT2D eigenvalue weighted by Gasteiger charge is 2.26. The van der Waals surface area contributed by atoms with E-state index in [1.165, 1.54) is 0 Å². The summed E-state index contributed by atoms with van der Waals surface area (Å²) in [5.41, 5.74) is 3.22. The molecular weight excluding hydrogens is 358 g/mol. The quantitative estimate of drug-likeness (QED) is 0.828. The van der Waals surface area contributed by atoms with E-state index >= 15 is 0 Å². The Labute approximate surface area is 163 Å². The van der Waals surface area contributed by atoms with Crippen molar-refractivity contribution in [2.24, 2.45) is 0 Å². The maximum Gasteiger partial charge on any atom is 0.240 e. The topological polar surface area (TPSA) is 52.7 Å². The third-order valence-electron chi connectivity index (χ3n) is 5.42. The van der Waals surface area contributed by atoms with E-state index in [1.54, 1.807) is 12.1 Å². The van der Waals surface area contributed by atoms with Crippen molar-refractivity contribution in [2.75, 3.05) is 39.8 Å². The molecule has 0 aromatic heterocycles. The van der Waals surface area contributed by atoms with Crippen LogP contribution in [0, 0.1) is 13.8 Å². The van der Waals surface area contributed by atoms with E-state index in [-0.39, 0.29) is 6.04 Å². The highest BCUT2D eigenvalue weighted by Crippen LogP contribution is 2.22. The van der Waals surface area contributed by atoms with Crippen LogP contribution in [0.2, 0.25) is 0 Å². The normalized spacial score (nSPS) is 17.7. The first-order valence-corrected chi connectivity index (χ1v) is 10.9. The summed E-state index contributed by atoms with van der Waals surface area (Å²) in [5.74, 6) is 0. The zero-order valence-corrected chi connectivity index (χ0v) is 17.2. The number of rotatable bonds is 6. The lowest BCUT2D eigenvalue weighted by Crippen LogP contribution is -2.48. The Bertz CT molecular complexity index is 860. The number of aryl methyl sites for hydroxylation is 2. The largest absolute Gasteiger partial charge is 0.304 e. The van der Waals surface area contributed by atoms with Gasteiger partial charge in [-0.05, 0) is 49.7 Å². The van der Waals surface area contributed by atoms with E-state index in [0.717, 1.165) is 42.9 Å². The van der Waals surface area contributed by atoms with Gasteiger partial charge in [-0.3, -0.25) is 4.90 Å². The molecule has 0 bridgehead atoms. The molecule has 1 aliphatic heterocycles. The molecule has 6 heteroatoms. The van der Waals surface area contributed by atoms with Gasteiger partial charge >= 0.3 is 0 Å². The lowest BCUT2D eigenvalue weighted by molar-refractivity contribution is 0.113. The van der Waals surface area contributed by atoms with Crippen LogP contribution in [-0.4, -0.2) is 58.0 Å². The van der Waals surface area contributed by atoms with Gasteiger partial charge in [-0.1, -0.05) is 36.4 Å². The summed E-state index contributed by atoms with van der Waals surface area (Å²) in [6.07, 6.45) is 0. The van der Waals surface area contributed by atoms with Crippen molar-refractivity contribution in [3.63, 3.8) is 0 Å². The molecule has 1 fully saturated rings. The summed E-state index contributed by atoms with van der Waals surface area (Å²) in [4.78, 5) is 5.01. The number of hydrogen-bond donors (Lipinski definition) is 1. The number of nitrogens with one attached hydrogen (secondary N) is 1. The zero-order valence-electron chi connectivity index (χ0n) is 16.4. The molecule has 0 spiro atoms. The minimum absolute atomic E-state index is 0.0289. The summed E-state index contributed by atoms with van der Waals surface area (Å²) >= 11 is 0. The van der Waals surface area contributed by atoms with Gasteiger partial charge < -0.3 is 4.90 Å². The Kier molecular flexibility index (Phi) is 6.32. The first-order valence-electron chi connectivity index (χ1n) is 9.41. The highest BCUT2D eigenvalue weighted by molar-refractivity contribution is 7.89. The molecule has 5 nitrogen and oxygen atoms in total. The molecule has 0 amide bonds. The van der Waals surface area contributed by atoms with Crippen molar-refractivity contribution in [1.82, 2.24) is 14.5 Å². The van der Waals surface area contributed by atoms with Crippen LogP contribution in [0.15, 0.2) is 53.4 Å². The molecule has 0 saturated carbocycles. The molecule has 1 saturated heterocycles. The average molecular weight is 388 g/mol. The Morgan fingerprint density at radius 2 is 1.63 bits per heavy atom. The van der Waals surface area contributed by atoms with E-state index < -0.39 is 10.0 Å². The molecule has 0 aliphatic carbocycles. The van der Waals surface area contributed by atoms with Gasteiger partial charge in [-0.15, -0.1) is 0 Å². The van der Waals surface area contributed by atoms with E-state index in [2.05, 4.69) is 33.7 Å². The van der Waals surface area contributed by atoms with Gasteiger partial charge in [-0.2, -0.15) is 0 Å². The smallest absolute Gasteiger partial charge is 0.240 e. The Morgan fingerprint density at radius 3 is 2.26 bits per heavy atom. The lowest BCUT2D eigenvalue weighted by atomic mass is 10.0. The molecule has 2 aromatic carbocycles. The van der Waals surface area contributed by atoms with Gasteiger partial charge in [0, 0.05) is 38.8 Å². The molecular formula is C21H29N3O2S. The summed E-state index contributed by atoms with van der Waals surface area (Å²) in [7, 11) is -1.42. The van der Waals surface area contributed by atoms with Crippen LogP contribution in [0.1, 0.15) is 22.7 Å².